The van der Waals surface area contributed by atoms with Crippen molar-refractivity contribution in [1.82, 2.24) is 25.3 Å². The van der Waals surface area contributed by atoms with Crippen LogP contribution in [0, 0.1) is 0 Å². The van der Waals surface area contributed by atoms with Crippen LogP contribution in [0.3, 0.4) is 0 Å². The first kappa shape index (κ1) is 22.6. The lowest BCUT2D eigenvalue weighted by molar-refractivity contribution is 0.0947. The molecule has 0 aliphatic rings. The molecule has 0 aliphatic carbocycles. The number of benzene rings is 1. The minimum Gasteiger partial charge on any atom is -0.492 e. The molecule has 0 saturated carbocycles. The van der Waals surface area contributed by atoms with Crippen LogP contribution in [0.15, 0.2) is 67.1 Å². The van der Waals surface area contributed by atoms with Crippen molar-refractivity contribution >= 4 is 28.6 Å². The molecular formula is C24H22ClN5O3. The number of unbranched alkanes of at least 4 members (excludes halogenated alkanes) is 1. The molecule has 1 amide bonds. The third-order valence-electron chi connectivity index (χ3n) is 5.05. The van der Waals surface area contributed by atoms with Crippen LogP contribution in [0.2, 0.25) is 0 Å². The molecule has 0 radical (unpaired) electrons. The molecule has 0 fully saturated rings. The zero-order chi connectivity index (χ0) is 23.0. The second kappa shape index (κ2) is 10.8. The van der Waals surface area contributed by atoms with Crippen LogP contribution in [-0.2, 0) is 0 Å². The molecule has 0 unspecified atom stereocenters. The predicted molar refractivity (Wildman–Crippen MR) is 126 cm³/mol. The Morgan fingerprint density at radius 1 is 1.00 bits per heavy atom. The van der Waals surface area contributed by atoms with Crippen LogP contribution in [0.1, 0.15) is 23.2 Å². The van der Waals surface area contributed by atoms with E-state index >= 15 is 0 Å². The Hall–Kier alpha value is -3.59. The van der Waals surface area contributed by atoms with Gasteiger partial charge < -0.3 is 9.84 Å². The molecule has 0 spiro atoms. The Morgan fingerprint density at radius 3 is 2.48 bits per heavy atom. The molecule has 33 heavy (non-hydrogen) atoms. The smallest absolute Gasteiger partial charge is 0.267 e. The maximum atomic E-state index is 12.5. The van der Waals surface area contributed by atoms with Gasteiger partial charge in [-0.3, -0.25) is 20.2 Å². The molecule has 0 saturated heterocycles. The largest absolute Gasteiger partial charge is 0.492 e. The van der Waals surface area contributed by atoms with E-state index in [0.29, 0.717) is 34.5 Å². The summed E-state index contributed by atoms with van der Waals surface area (Å²) in [5, 5.41) is 9.45. The number of amides is 1. The minimum atomic E-state index is -0.383. The summed E-state index contributed by atoms with van der Waals surface area (Å²) in [7, 11) is 0. The van der Waals surface area contributed by atoms with Crippen molar-refractivity contribution in [3.63, 3.8) is 0 Å². The number of hydrogen-bond donors (Lipinski definition) is 3. The van der Waals surface area contributed by atoms with E-state index < -0.39 is 0 Å². The molecule has 3 N–H and O–H groups in total. The summed E-state index contributed by atoms with van der Waals surface area (Å²) < 4.78 is 5.63. The van der Waals surface area contributed by atoms with Gasteiger partial charge in [0.05, 0.1) is 35.3 Å². The fourth-order valence-electron chi connectivity index (χ4n) is 3.37. The summed E-state index contributed by atoms with van der Waals surface area (Å²) in [5.74, 6) is 0.312. The molecule has 0 bridgehead atoms. The minimum absolute atomic E-state index is 0.168. The van der Waals surface area contributed by atoms with E-state index in [9.17, 15) is 4.79 Å². The van der Waals surface area contributed by atoms with Crippen molar-refractivity contribution < 1.29 is 14.6 Å². The summed E-state index contributed by atoms with van der Waals surface area (Å²) in [6.07, 6.45) is 6.44. The lowest BCUT2D eigenvalue weighted by atomic mass is 10.0. The molecular weight excluding hydrogens is 442 g/mol. The third-order valence-corrected chi connectivity index (χ3v) is 5.14. The van der Waals surface area contributed by atoms with Crippen LogP contribution in [0.5, 0.6) is 5.75 Å². The average Bonchev–Trinajstić information content (AvgIpc) is 2.86. The van der Waals surface area contributed by atoms with Gasteiger partial charge in [0.2, 0.25) is 0 Å². The normalized spacial score (nSPS) is 10.8. The number of hydrogen-bond acceptors (Lipinski definition) is 7. The Bertz CT molecular complexity index is 1230. The van der Waals surface area contributed by atoms with Gasteiger partial charge in [0, 0.05) is 35.5 Å². The van der Waals surface area contributed by atoms with Crippen LogP contribution < -0.4 is 15.1 Å². The quantitative estimate of drug-likeness (QED) is 0.196. The molecule has 3 heterocycles. The summed E-state index contributed by atoms with van der Waals surface area (Å²) >= 11 is 5.44. The van der Waals surface area contributed by atoms with Gasteiger partial charge in [-0.15, -0.1) is 4.94 Å². The van der Waals surface area contributed by atoms with E-state index in [1.165, 1.54) is 0 Å². The van der Waals surface area contributed by atoms with Gasteiger partial charge in [0.25, 0.3) is 5.91 Å². The van der Waals surface area contributed by atoms with E-state index in [4.69, 9.17) is 21.6 Å². The lowest BCUT2D eigenvalue weighted by Gasteiger charge is -2.10. The predicted octanol–water partition coefficient (Wildman–Crippen LogP) is 3.90. The first-order valence-electron chi connectivity index (χ1n) is 10.4. The monoisotopic (exact) mass is 463 g/mol. The number of aliphatic hydroxyl groups is 1. The van der Waals surface area contributed by atoms with E-state index in [1.807, 2.05) is 36.4 Å². The number of carbonyl (C=O) groups excluding carboxylic acids is 1. The molecule has 0 aliphatic heterocycles. The number of halogens is 1. The Balaban J connectivity index is 1.56. The van der Waals surface area contributed by atoms with Gasteiger partial charge in [-0.1, -0.05) is 24.3 Å². The number of fused-ring (bicyclic) bond motifs is 1. The number of hydrazine groups is 1. The van der Waals surface area contributed by atoms with Gasteiger partial charge in [-0.2, -0.15) is 0 Å². The first-order valence-corrected chi connectivity index (χ1v) is 10.8. The Morgan fingerprint density at radius 2 is 1.79 bits per heavy atom. The maximum absolute atomic E-state index is 12.5. The molecule has 168 valence electrons. The van der Waals surface area contributed by atoms with Crippen molar-refractivity contribution in [2.24, 2.45) is 0 Å². The van der Waals surface area contributed by atoms with Crippen LogP contribution in [0.4, 0.5) is 0 Å². The standard InChI is InChI=1S/C24H22ClN5O3/c25-30-29-24(32)19-13-23(28-22-9-10-26-15-20(19)22)17-5-3-16(4-6-17)21-8-7-18(14-27-21)33-12-2-1-11-31/h3-10,13-15,30-31H,1-2,11-12H2,(H,29,32). The zero-order valence-corrected chi connectivity index (χ0v) is 18.4. The second-order valence-corrected chi connectivity index (χ2v) is 7.42. The first-order chi connectivity index (χ1) is 16.2. The van der Waals surface area contributed by atoms with Gasteiger partial charge in [0.1, 0.15) is 5.75 Å². The number of nitrogens with one attached hydrogen (secondary N) is 2. The number of nitrogens with zero attached hydrogens (tertiary/aromatic N) is 3. The van der Waals surface area contributed by atoms with Crippen molar-refractivity contribution in [2.75, 3.05) is 13.2 Å². The molecule has 0 atom stereocenters. The molecule has 9 heteroatoms. The topological polar surface area (TPSA) is 109 Å². The fraction of sp³-hybridized carbons (Fsp3) is 0.167. The summed E-state index contributed by atoms with van der Waals surface area (Å²) in [6, 6.07) is 15.0. The van der Waals surface area contributed by atoms with E-state index in [2.05, 4.69) is 25.3 Å². The van der Waals surface area contributed by atoms with Gasteiger partial charge in [-0.05, 0) is 48.9 Å². The molecule has 3 aromatic heterocycles. The summed E-state index contributed by atoms with van der Waals surface area (Å²) in [4.78, 5) is 27.9. The zero-order valence-electron chi connectivity index (χ0n) is 17.7. The van der Waals surface area contributed by atoms with Gasteiger partial charge in [-0.25, -0.2) is 4.98 Å². The Labute approximate surface area is 195 Å². The van der Waals surface area contributed by atoms with Crippen LogP contribution in [0.25, 0.3) is 33.4 Å². The van der Waals surface area contributed by atoms with E-state index in [-0.39, 0.29) is 12.5 Å². The molecule has 1 aromatic carbocycles. The highest BCUT2D eigenvalue weighted by molar-refractivity contribution is 6.15. The highest BCUT2D eigenvalue weighted by Crippen LogP contribution is 2.27. The van der Waals surface area contributed by atoms with E-state index in [1.54, 1.807) is 30.7 Å². The van der Waals surface area contributed by atoms with Crippen LogP contribution in [-0.4, -0.2) is 39.2 Å². The molecule has 8 nitrogen and oxygen atoms in total. The number of pyridine rings is 3. The van der Waals surface area contributed by atoms with Crippen molar-refractivity contribution in [2.45, 2.75) is 12.8 Å². The number of rotatable bonds is 9. The lowest BCUT2D eigenvalue weighted by Crippen LogP contribution is -2.30. The third kappa shape index (κ3) is 5.43. The highest BCUT2D eigenvalue weighted by atomic mass is 35.5. The number of aliphatic hydroxyl groups excluding tert-OH is 1. The van der Waals surface area contributed by atoms with Crippen molar-refractivity contribution in [3.05, 3.63) is 72.7 Å². The average molecular weight is 464 g/mol. The number of carbonyl (C=O) groups is 1. The van der Waals surface area contributed by atoms with Crippen molar-refractivity contribution in [3.8, 4) is 28.3 Å². The number of aromatic nitrogens is 3. The van der Waals surface area contributed by atoms with Gasteiger partial charge in [0.15, 0.2) is 0 Å². The fourth-order valence-corrected chi connectivity index (χ4v) is 3.45. The van der Waals surface area contributed by atoms with E-state index in [0.717, 1.165) is 29.7 Å². The van der Waals surface area contributed by atoms with Crippen molar-refractivity contribution in [1.29, 1.82) is 0 Å². The highest BCUT2D eigenvalue weighted by Gasteiger charge is 2.14. The number of ether oxygens (including phenoxy) is 1. The SMILES string of the molecule is O=C(NNCl)c1cc(-c2ccc(-c3ccc(OCCCCO)cn3)cc2)nc2ccncc12. The maximum Gasteiger partial charge on any atom is 0.267 e. The Kier molecular flexibility index (Phi) is 7.41. The molecule has 4 rings (SSSR count). The van der Waals surface area contributed by atoms with Crippen LogP contribution >= 0.6 is 11.8 Å². The van der Waals surface area contributed by atoms with Gasteiger partial charge >= 0.3 is 0 Å². The summed E-state index contributed by atoms with van der Waals surface area (Å²) in [5.41, 5.74) is 6.71. The summed E-state index contributed by atoms with van der Waals surface area (Å²) in [6.45, 7) is 0.716. The molecule has 4 aromatic rings. The second-order valence-electron chi connectivity index (χ2n) is 7.23.